The Hall–Kier alpha value is -2.90. The van der Waals surface area contributed by atoms with Gasteiger partial charge in [-0.25, -0.2) is 9.97 Å². The fourth-order valence-electron chi connectivity index (χ4n) is 3.58. The number of anilines is 1. The summed E-state index contributed by atoms with van der Waals surface area (Å²) >= 11 is 6.05. The van der Waals surface area contributed by atoms with Crippen molar-refractivity contribution in [3.63, 3.8) is 0 Å². The van der Waals surface area contributed by atoms with Gasteiger partial charge in [-0.15, -0.1) is 0 Å². The van der Waals surface area contributed by atoms with E-state index in [4.69, 9.17) is 21.1 Å². The van der Waals surface area contributed by atoms with Crippen LogP contribution in [0.5, 0.6) is 17.4 Å². The largest absolute Gasteiger partial charge is 0.494 e. The van der Waals surface area contributed by atoms with Gasteiger partial charge in [0.25, 0.3) is 0 Å². The van der Waals surface area contributed by atoms with Gasteiger partial charge in [-0.05, 0) is 31.3 Å². The Labute approximate surface area is 173 Å². The summed E-state index contributed by atoms with van der Waals surface area (Å²) in [5, 5.41) is 1.25. The van der Waals surface area contributed by atoms with Gasteiger partial charge < -0.3 is 19.3 Å². The SMILES string of the molecule is COc1cc2ncnc(Oc3cccc(Cl)c3)c2cc1N(C=O)CC1CN(C)C1. The molecule has 150 valence electrons. The summed E-state index contributed by atoms with van der Waals surface area (Å²) in [6, 6.07) is 10.7. The first-order chi connectivity index (χ1) is 14.1. The van der Waals surface area contributed by atoms with Gasteiger partial charge >= 0.3 is 0 Å². The van der Waals surface area contributed by atoms with E-state index in [9.17, 15) is 4.79 Å². The van der Waals surface area contributed by atoms with Crippen molar-refractivity contribution in [1.29, 1.82) is 0 Å². The number of carbonyl (C=O) groups is 1. The van der Waals surface area contributed by atoms with Crippen molar-refractivity contribution in [2.45, 2.75) is 0 Å². The number of methoxy groups -OCH3 is 1. The number of benzene rings is 2. The number of nitrogens with zero attached hydrogens (tertiary/aromatic N) is 4. The van der Waals surface area contributed by atoms with Crippen molar-refractivity contribution >= 4 is 34.6 Å². The minimum Gasteiger partial charge on any atom is -0.494 e. The molecular formula is C21H21ClN4O3. The monoisotopic (exact) mass is 412 g/mol. The van der Waals surface area contributed by atoms with E-state index in [0.29, 0.717) is 51.5 Å². The third kappa shape index (κ3) is 4.11. The molecule has 3 aromatic rings. The molecule has 1 aliphatic heterocycles. The van der Waals surface area contributed by atoms with Gasteiger partial charge in [-0.2, -0.15) is 0 Å². The normalized spacial score (nSPS) is 14.4. The number of halogens is 1. The molecule has 2 heterocycles. The third-order valence-electron chi connectivity index (χ3n) is 4.94. The molecule has 0 spiro atoms. The molecule has 1 aliphatic rings. The van der Waals surface area contributed by atoms with E-state index in [2.05, 4.69) is 21.9 Å². The number of amides is 1. The number of carbonyl (C=O) groups excluding carboxylic acids is 1. The fourth-order valence-corrected chi connectivity index (χ4v) is 3.76. The number of rotatable bonds is 7. The highest BCUT2D eigenvalue weighted by Crippen LogP contribution is 2.37. The second-order valence-electron chi connectivity index (χ2n) is 7.12. The lowest BCUT2D eigenvalue weighted by Crippen LogP contribution is -2.49. The second kappa shape index (κ2) is 8.23. The molecule has 1 aromatic heterocycles. The Kier molecular flexibility index (Phi) is 5.51. The molecule has 29 heavy (non-hydrogen) atoms. The van der Waals surface area contributed by atoms with Gasteiger partial charge in [-0.3, -0.25) is 4.79 Å². The number of hydrogen-bond donors (Lipinski definition) is 0. The highest BCUT2D eigenvalue weighted by atomic mass is 35.5. The van der Waals surface area contributed by atoms with Gasteiger partial charge in [0, 0.05) is 36.6 Å². The molecule has 0 radical (unpaired) electrons. The van der Waals surface area contributed by atoms with E-state index in [-0.39, 0.29) is 0 Å². The molecule has 8 heteroatoms. The summed E-state index contributed by atoms with van der Waals surface area (Å²) in [4.78, 5) is 24.4. The molecule has 0 unspecified atom stereocenters. The standard InChI is InChI=1S/C21H21ClN4O3/c1-25-9-14(10-25)11-26(13-27)19-7-17-18(8-20(19)28-2)23-12-24-21(17)29-16-5-3-4-15(22)6-16/h3-8,12-14H,9-11H2,1-2H3. The molecule has 4 rings (SSSR count). The Morgan fingerprint density at radius 2 is 2.10 bits per heavy atom. The van der Waals surface area contributed by atoms with Crippen molar-refractivity contribution in [1.82, 2.24) is 14.9 Å². The molecule has 2 aromatic carbocycles. The maximum atomic E-state index is 11.9. The Morgan fingerprint density at radius 1 is 1.28 bits per heavy atom. The smallest absolute Gasteiger partial charge is 0.230 e. The van der Waals surface area contributed by atoms with Crippen LogP contribution in [0.1, 0.15) is 0 Å². The molecule has 0 bridgehead atoms. The second-order valence-corrected chi connectivity index (χ2v) is 7.56. The summed E-state index contributed by atoms with van der Waals surface area (Å²) in [6.45, 7) is 2.55. The summed E-state index contributed by atoms with van der Waals surface area (Å²) in [7, 11) is 3.64. The molecule has 0 saturated carbocycles. The van der Waals surface area contributed by atoms with Crippen LogP contribution in [0.3, 0.4) is 0 Å². The minimum absolute atomic E-state index is 0.385. The van der Waals surface area contributed by atoms with Crippen LogP contribution in [-0.2, 0) is 4.79 Å². The van der Waals surface area contributed by atoms with Crippen LogP contribution in [0.15, 0.2) is 42.7 Å². The van der Waals surface area contributed by atoms with Crippen LogP contribution < -0.4 is 14.4 Å². The average Bonchev–Trinajstić information content (AvgIpc) is 2.70. The average molecular weight is 413 g/mol. The van der Waals surface area contributed by atoms with Crippen LogP contribution in [0, 0.1) is 5.92 Å². The van der Waals surface area contributed by atoms with Gasteiger partial charge in [0.2, 0.25) is 12.3 Å². The van der Waals surface area contributed by atoms with E-state index in [1.54, 1.807) is 42.3 Å². The lowest BCUT2D eigenvalue weighted by atomic mass is 10.0. The molecule has 0 N–H and O–H groups in total. The third-order valence-corrected chi connectivity index (χ3v) is 5.18. The highest BCUT2D eigenvalue weighted by molar-refractivity contribution is 6.30. The quantitative estimate of drug-likeness (QED) is 0.552. The molecule has 1 fully saturated rings. The van der Waals surface area contributed by atoms with Gasteiger partial charge in [0.15, 0.2) is 0 Å². The molecule has 1 amide bonds. The lowest BCUT2D eigenvalue weighted by Gasteiger charge is -2.38. The zero-order valence-corrected chi connectivity index (χ0v) is 17.0. The maximum absolute atomic E-state index is 11.9. The Balaban J connectivity index is 1.73. The first kappa shape index (κ1) is 19.4. The van der Waals surface area contributed by atoms with E-state index in [1.807, 2.05) is 6.07 Å². The predicted molar refractivity (Wildman–Crippen MR) is 112 cm³/mol. The lowest BCUT2D eigenvalue weighted by molar-refractivity contribution is -0.107. The van der Waals surface area contributed by atoms with E-state index < -0.39 is 0 Å². The number of ether oxygens (including phenoxy) is 2. The highest BCUT2D eigenvalue weighted by Gasteiger charge is 2.27. The predicted octanol–water partition coefficient (Wildman–Crippen LogP) is 3.61. The minimum atomic E-state index is 0.385. The number of fused-ring (bicyclic) bond motifs is 1. The zero-order chi connectivity index (χ0) is 20.4. The maximum Gasteiger partial charge on any atom is 0.230 e. The number of aromatic nitrogens is 2. The Morgan fingerprint density at radius 3 is 2.79 bits per heavy atom. The molecule has 0 aliphatic carbocycles. The van der Waals surface area contributed by atoms with Crippen molar-refractivity contribution < 1.29 is 14.3 Å². The van der Waals surface area contributed by atoms with E-state index in [0.717, 1.165) is 19.5 Å². The Bertz CT molecular complexity index is 1040. The first-order valence-electron chi connectivity index (χ1n) is 9.24. The van der Waals surface area contributed by atoms with Crippen LogP contribution >= 0.6 is 11.6 Å². The summed E-state index contributed by atoms with van der Waals surface area (Å²) in [5.74, 6) is 1.96. The first-order valence-corrected chi connectivity index (χ1v) is 9.62. The summed E-state index contributed by atoms with van der Waals surface area (Å²) in [5.41, 5.74) is 1.32. The summed E-state index contributed by atoms with van der Waals surface area (Å²) < 4.78 is 11.5. The van der Waals surface area contributed by atoms with Gasteiger partial charge in [0.05, 0.1) is 23.7 Å². The van der Waals surface area contributed by atoms with Crippen LogP contribution in [0.2, 0.25) is 5.02 Å². The molecular weight excluding hydrogens is 392 g/mol. The molecule has 1 saturated heterocycles. The van der Waals surface area contributed by atoms with Crippen LogP contribution in [-0.4, -0.2) is 55.1 Å². The van der Waals surface area contributed by atoms with Gasteiger partial charge in [0.1, 0.15) is 17.8 Å². The van der Waals surface area contributed by atoms with Crippen molar-refractivity contribution in [3.05, 3.63) is 47.7 Å². The summed E-state index contributed by atoms with van der Waals surface area (Å²) in [6.07, 6.45) is 2.27. The van der Waals surface area contributed by atoms with Crippen LogP contribution in [0.4, 0.5) is 5.69 Å². The molecule has 7 nitrogen and oxygen atoms in total. The van der Waals surface area contributed by atoms with Gasteiger partial charge in [-0.1, -0.05) is 17.7 Å². The van der Waals surface area contributed by atoms with Crippen molar-refractivity contribution in [2.24, 2.45) is 5.92 Å². The topological polar surface area (TPSA) is 67.8 Å². The van der Waals surface area contributed by atoms with Crippen molar-refractivity contribution in [3.8, 4) is 17.4 Å². The number of likely N-dealkylation sites (tertiary alicyclic amines) is 1. The van der Waals surface area contributed by atoms with Crippen LogP contribution in [0.25, 0.3) is 10.9 Å². The van der Waals surface area contributed by atoms with Crippen molar-refractivity contribution in [2.75, 3.05) is 38.7 Å². The zero-order valence-electron chi connectivity index (χ0n) is 16.2. The number of hydrogen-bond acceptors (Lipinski definition) is 6. The molecule has 0 atom stereocenters. The van der Waals surface area contributed by atoms with E-state index in [1.165, 1.54) is 6.33 Å². The fraction of sp³-hybridized carbons (Fsp3) is 0.286. The van der Waals surface area contributed by atoms with E-state index >= 15 is 0 Å².